The van der Waals surface area contributed by atoms with Crippen LogP contribution >= 0.6 is 11.3 Å². The smallest absolute Gasteiger partial charge is 0.284 e. The number of nitrogens with zero attached hydrogens (tertiary/aromatic N) is 2. The van der Waals surface area contributed by atoms with Gasteiger partial charge in [-0.1, -0.05) is 23.8 Å². The van der Waals surface area contributed by atoms with E-state index < -0.39 is 5.91 Å². The van der Waals surface area contributed by atoms with E-state index in [2.05, 4.69) is 28.6 Å². The van der Waals surface area contributed by atoms with Gasteiger partial charge in [0.2, 0.25) is 5.91 Å². The minimum Gasteiger partial charge on any atom is -0.354 e. The summed E-state index contributed by atoms with van der Waals surface area (Å²) in [5, 5.41) is 15.9. The number of hydrogen-bond acceptors (Lipinski definition) is 5. The van der Waals surface area contributed by atoms with Gasteiger partial charge >= 0.3 is 0 Å². The van der Waals surface area contributed by atoms with Crippen LogP contribution in [0.2, 0.25) is 0 Å². The molecule has 3 rings (SSSR count). The Morgan fingerprint density at radius 2 is 2.19 bits per heavy atom. The van der Waals surface area contributed by atoms with E-state index in [1.807, 2.05) is 0 Å². The fourth-order valence-corrected chi connectivity index (χ4v) is 3.52. The summed E-state index contributed by atoms with van der Waals surface area (Å²) in [6, 6.07) is 5.17. The van der Waals surface area contributed by atoms with Gasteiger partial charge in [0.25, 0.3) is 5.91 Å². The Hall–Kier alpha value is -2.71. The first-order valence-corrected chi connectivity index (χ1v) is 9.17. The first-order valence-electron chi connectivity index (χ1n) is 8.35. The molecule has 2 aromatic rings. The molecule has 2 heterocycles. The molecule has 0 spiro atoms. The van der Waals surface area contributed by atoms with Crippen LogP contribution in [0.15, 0.2) is 48.2 Å². The zero-order valence-electron chi connectivity index (χ0n) is 14.1. The van der Waals surface area contributed by atoms with Crippen molar-refractivity contribution in [3.63, 3.8) is 0 Å². The first-order chi connectivity index (χ1) is 12.7. The highest BCUT2D eigenvalue weighted by atomic mass is 32.1. The quantitative estimate of drug-likeness (QED) is 0.514. The molecule has 0 atom stereocenters. The normalized spacial score (nSPS) is 13.3. The van der Waals surface area contributed by atoms with Crippen molar-refractivity contribution in [1.29, 1.82) is 0 Å². The number of carbonyl (C=O) groups excluding carboxylic acids is 2. The van der Waals surface area contributed by atoms with Crippen LogP contribution in [-0.2, 0) is 11.3 Å². The van der Waals surface area contributed by atoms with Gasteiger partial charge in [-0.3, -0.25) is 19.5 Å². The van der Waals surface area contributed by atoms with E-state index in [9.17, 15) is 9.59 Å². The topological polar surface area (TPSA) is 96.2 Å². The van der Waals surface area contributed by atoms with Gasteiger partial charge in [-0.15, -0.1) is 11.3 Å². The third kappa shape index (κ3) is 4.68. The molecule has 2 amide bonds. The lowest BCUT2D eigenvalue weighted by Crippen LogP contribution is -2.28. The molecule has 26 heavy (non-hydrogen) atoms. The Morgan fingerprint density at radius 3 is 2.96 bits per heavy atom. The molecular weight excluding hydrogens is 352 g/mol. The third-order valence-corrected chi connectivity index (χ3v) is 5.10. The second-order valence-electron chi connectivity index (χ2n) is 5.90. The fraction of sp³-hybridized carbons (Fsp3) is 0.278. The van der Waals surface area contributed by atoms with Gasteiger partial charge in [0.1, 0.15) is 12.2 Å². The van der Waals surface area contributed by atoms with Crippen LogP contribution in [0.5, 0.6) is 0 Å². The van der Waals surface area contributed by atoms with Crippen LogP contribution in [0, 0.1) is 0 Å². The van der Waals surface area contributed by atoms with E-state index in [-0.39, 0.29) is 12.5 Å². The lowest BCUT2D eigenvalue weighted by molar-refractivity contribution is -0.121. The number of nitrogens with one attached hydrogen (secondary N) is 2. The number of amides is 2. The number of hydrogen-bond donors (Lipinski definition) is 3. The van der Waals surface area contributed by atoms with Gasteiger partial charge in [-0.05, 0) is 37.5 Å². The van der Waals surface area contributed by atoms with Gasteiger partial charge in [0.15, 0.2) is 0 Å². The molecule has 0 aromatic carbocycles. The van der Waals surface area contributed by atoms with E-state index >= 15 is 0 Å². The Morgan fingerprint density at radius 1 is 1.31 bits per heavy atom. The van der Waals surface area contributed by atoms with Gasteiger partial charge in [-0.25, -0.2) is 5.48 Å². The van der Waals surface area contributed by atoms with Crippen LogP contribution in [0.4, 0.5) is 0 Å². The lowest BCUT2D eigenvalue weighted by atomic mass is 10.0. The standard InChI is InChI=1S/C18H20N4O3S/c23-17(19-10-8-13-4-2-1-3-5-13)12-22-11-9-14(20-22)15-6-7-16(26-15)18(24)21-25/h1-2,4,6-7,9,11,25H,3,5,8,10,12H2,(H,19,23)(H,21,24). The number of aromatic nitrogens is 2. The van der Waals surface area contributed by atoms with Gasteiger partial charge in [0.05, 0.1) is 9.75 Å². The summed E-state index contributed by atoms with van der Waals surface area (Å²) >= 11 is 1.22. The maximum absolute atomic E-state index is 12.0. The predicted molar refractivity (Wildman–Crippen MR) is 98.9 cm³/mol. The van der Waals surface area contributed by atoms with Crippen molar-refractivity contribution in [2.75, 3.05) is 6.54 Å². The first kappa shape index (κ1) is 18.1. The van der Waals surface area contributed by atoms with Crippen molar-refractivity contribution < 1.29 is 14.8 Å². The Bertz CT molecular complexity index is 850. The average Bonchev–Trinajstić information content (AvgIpc) is 3.31. The highest BCUT2D eigenvalue weighted by molar-refractivity contribution is 7.17. The average molecular weight is 372 g/mol. The van der Waals surface area contributed by atoms with Gasteiger partial charge < -0.3 is 5.32 Å². The molecule has 0 fully saturated rings. The van der Waals surface area contributed by atoms with Crippen LogP contribution < -0.4 is 10.8 Å². The van der Waals surface area contributed by atoms with Crippen molar-refractivity contribution in [2.24, 2.45) is 0 Å². The zero-order valence-corrected chi connectivity index (χ0v) is 15.0. The number of thiophene rings is 1. The minimum atomic E-state index is -0.552. The van der Waals surface area contributed by atoms with Crippen molar-refractivity contribution >= 4 is 23.2 Å². The molecule has 3 N–H and O–H groups in total. The van der Waals surface area contributed by atoms with Gasteiger partial charge in [-0.2, -0.15) is 5.10 Å². The minimum absolute atomic E-state index is 0.0851. The Kier molecular flexibility index (Phi) is 5.98. The number of carbonyl (C=O) groups is 2. The largest absolute Gasteiger partial charge is 0.354 e. The summed E-state index contributed by atoms with van der Waals surface area (Å²) in [6.45, 7) is 0.769. The third-order valence-electron chi connectivity index (χ3n) is 4.00. The van der Waals surface area contributed by atoms with Crippen LogP contribution in [0.1, 0.15) is 28.9 Å². The highest BCUT2D eigenvalue weighted by Crippen LogP contribution is 2.26. The summed E-state index contributed by atoms with van der Waals surface area (Å²) in [5.41, 5.74) is 3.64. The SMILES string of the molecule is O=C(Cn1ccc(-c2ccc(C(=O)NO)s2)n1)NCCC1=CC=CCC1. The summed E-state index contributed by atoms with van der Waals surface area (Å²) in [4.78, 5) is 24.6. The van der Waals surface area contributed by atoms with Gasteiger partial charge in [0, 0.05) is 12.7 Å². The molecule has 1 aliphatic rings. The van der Waals surface area contributed by atoms with E-state index in [1.165, 1.54) is 16.9 Å². The Balaban J connectivity index is 1.50. The Labute approximate surface area is 155 Å². The van der Waals surface area contributed by atoms with E-state index in [0.717, 1.165) is 24.1 Å². The van der Waals surface area contributed by atoms with Crippen LogP contribution in [-0.4, -0.2) is 33.3 Å². The summed E-state index contributed by atoms with van der Waals surface area (Å²) < 4.78 is 1.57. The molecule has 1 aliphatic carbocycles. The molecule has 0 aliphatic heterocycles. The lowest BCUT2D eigenvalue weighted by Gasteiger charge is -2.10. The second kappa shape index (κ2) is 8.59. The molecule has 0 bridgehead atoms. The number of hydroxylamine groups is 1. The van der Waals surface area contributed by atoms with E-state index in [0.29, 0.717) is 17.1 Å². The number of rotatable bonds is 7. The van der Waals surface area contributed by atoms with Crippen molar-refractivity contribution in [3.05, 3.63) is 53.1 Å². The molecule has 0 unspecified atom stereocenters. The summed E-state index contributed by atoms with van der Waals surface area (Å²) in [7, 11) is 0. The molecule has 2 aromatic heterocycles. The molecule has 136 valence electrons. The van der Waals surface area contributed by atoms with E-state index in [4.69, 9.17) is 5.21 Å². The highest BCUT2D eigenvalue weighted by Gasteiger charge is 2.12. The fourth-order valence-electron chi connectivity index (χ4n) is 2.66. The molecule has 0 saturated heterocycles. The second-order valence-corrected chi connectivity index (χ2v) is 6.98. The maximum atomic E-state index is 12.0. The van der Waals surface area contributed by atoms with Crippen LogP contribution in [0.25, 0.3) is 10.6 Å². The van der Waals surface area contributed by atoms with E-state index in [1.54, 1.807) is 34.6 Å². The summed E-state index contributed by atoms with van der Waals surface area (Å²) in [5.74, 6) is -0.637. The van der Waals surface area contributed by atoms with Crippen molar-refractivity contribution in [1.82, 2.24) is 20.6 Å². The van der Waals surface area contributed by atoms with Crippen LogP contribution in [0.3, 0.4) is 0 Å². The van der Waals surface area contributed by atoms with Crippen molar-refractivity contribution in [2.45, 2.75) is 25.8 Å². The molecule has 7 nitrogen and oxygen atoms in total. The zero-order chi connectivity index (χ0) is 18.4. The predicted octanol–water partition coefficient (Wildman–Crippen LogP) is 2.51. The molecular formula is C18H20N4O3S. The van der Waals surface area contributed by atoms with Crippen molar-refractivity contribution in [3.8, 4) is 10.6 Å². The number of allylic oxidation sites excluding steroid dienone is 3. The summed E-state index contributed by atoms with van der Waals surface area (Å²) in [6.07, 6.45) is 11.0. The monoisotopic (exact) mass is 372 g/mol. The molecule has 0 radical (unpaired) electrons. The molecule has 8 heteroatoms. The molecule has 0 saturated carbocycles. The maximum Gasteiger partial charge on any atom is 0.284 e.